The summed E-state index contributed by atoms with van der Waals surface area (Å²) >= 11 is 7.55. The number of amides is 1. The average molecular weight is 313 g/mol. The van der Waals surface area contributed by atoms with Gasteiger partial charge in [-0.25, -0.2) is 0 Å². The SMILES string of the molecule is CC(CC#N)N(C)C(=O)c1cc(S)ccc1Br. The molecule has 1 amide bonds. The van der Waals surface area contributed by atoms with Gasteiger partial charge in [0, 0.05) is 22.5 Å². The first-order valence-electron chi connectivity index (χ1n) is 5.10. The minimum Gasteiger partial charge on any atom is -0.338 e. The number of nitrogens with zero attached hydrogens (tertiary/aromatic N) is 2. The zero-order chi connectivity index (χ0) is 13.0. The number of hydrogen-bond acceptors (Lipinski definition) is 3. The zero-order valence-electron chi connectivity index (χ0n) is 9.64. The van der Waals surface area contributed by atoms with Gasteiger partial charge in [-0.2, -0.15) is 5.26 Å². The quantitative estimate of drug-likeness (QED) is 0.872. The number of hydrogen-bond donors (Lipinski definition) is 1. The monoisotopic (exact) mass is 312 g/mol. The van der Waals surface area contributed by atoms with Crippen molar-refractivity contribution in [1.82, 2.24) is 4.90 Å². The second-order valence-electron chi connectivity index (χ2n) is 3.79. The summed E-state index contributed by atoms with van der Waals surface area (Å²) in [6.45, 7) is 1.85. The van der Waals surface area contributed by atoms with Crippen LogP contribution in [-0.2, 0) is 0 Å². The summed E-state index contributed by atoms with van der Waals surface area (Å²) < 4.78 is 0.733. The Balaban J connectivity index is 2.96. The Bertz CT molecular complexity index is 470. The molecule has 1 unspecified atom stereocenters. The molecule has 1 atom stereocenters. The van der Waals surface area contributed by atoms with E-state index in [1.165, 1.54) is 0 Å². The molecule has 5 heteroatoms. The van der Waals surface area contributed by atoms with E-state index < -0.39 is 0 Å². The van der Waals surface area contributed by atoms with E-state index in [0.29, 0.717) is 12.0 Å². The molecule has 0 radical (unpaired) electrons. The molecular weight excluding hydrogens is 300 g/mol. The van der Waals surface area contributed by atoms with E-state index in [1.807, 2.05) is 13.0 Å². The highest BCUT2D eigenvalue weighted by Crippen LogP contribution is 2.22. The molecule has 0 aliphatic rings. The molecule has 0 aromatic heterocycles. The first kappa shape index (κ1) is 14.1. The van der Waals surface area contributed by atoms with Gasteiger partial charge in [0.15, 0.2) is 0 Å². The van der Waals surface area contributed by atoms with Crippen LogP contribution in [-0.4, -0.2) is 23.9 Å². The molecule has 0 spiro atoms. The summed E-state index contributed by atoms with van der Waals surface area (Å²) in [6.07, 6.45) is 0.320. The highest BCUT2D eigenvalue weighted by molar-refractivity contribution is 9.10. The molecule has 90 valence electrons. The van der Waals surface area contributed by atoms with Crippen molar-refractivity contribution in [2.75, 3.05) is 7.05 Å². The maximum Gasteiger partial charge on any atom is 0.255 e. The van der Waals surface area contributed by atoms with Crippen LogP contribution in [0.2, 0.25) is 0 Å². The number of nitriles is 1. The molecule has 0 saturated carbocycles. The Kier molecular flexibility index (Phi) is 5.03. The predicted octanol–water partition coefficient (Wildman–Crippen LogP) is 3.11. The van der Waals surface area contributed by atoms with E-state index in [4.69, 9.17) is 5.26 Å². The van der Waals surface area contributed by atoms with Gasteiger partial charge >= 0.3 is 0 Å². The molecule has 0 fully saturated rings. The van der Waals surface area contributed by atoms with Crippen LogP contribution in [0.1, 0.15) is 23.7 Å². The molecule has 0 aliphatic heterocycles. The van der Waals surface area contributed by atoms with Crippen molar-refractivity contribution in [3.63, 3.8) is 0 Å². The predicted molar refractivity (Wildman–Crippen MR) is 73.2 cm³/mol. The van der Waals surface area contributed by atoms with E-state index in [9.17, 15) is 4.79 Å². The second kappa shape index (κ2) is 6.08. The second-order valence-corrected chi connectivity index (χ2v) is 5.16. The van der Waals surface area contributed by atoms with Gasteiger partial charge in [0.1, 0.15) is 0 Å². The largest absolute Gasteiger partial charge is 0.338 e. The van der Waals surface area contributed by atoms with Gasteiger partial charge in [0.2, 0.25) is 0 Å². The lowest BCUT2D eigenvalue weighted by atomic mass is 10.1. The number of halogens is 1. The Morgan fingerprint density at radius 1 is 1.65 bits per heavy atom. The van der Waals surface area contributed by atoms with Gasteiger partial charge in [-0.3, -0.25) is 4.79 Å². The first-order chi connectivity index (χ1) is 7.97. The lowest BCUT2D eigenvalue weighted by molar-refractivity contribution is 0.0745. The van der Waals surface area contributed by atoms with Crippen LogP contribution in [0.25, 0.3) is 0 Å². The smallest absolute Gasteiger partial charge is 0.255 e. The summed E-state index contributed by atoms with van der Waals surface area (Å²) in [5, 5.41) is 8.63. The molecule has 3 nitrogen and oxygen atoms in total. The molecule has 1 rings (SSSR count). The van der Waals surface area contributed by atoms with Gasteiger partial charge in [-0.05, 0) is 41.1 Å². The van der Waals surface area contributed by atoms with Crippen molar-refractivity contribution in [2.24, 2.45) is 0 Å². The minimum absolute atomic E-state index is 0.108. The Labute approximate surface area is 115 Å². The van der Waals surface area contributed by atoms with Crippen molar-refractivity contribution in [1.29, 1.82) is 5.26 Å². The Hall–Kier alpha value is -0.990. The third kappa shape index (κ3) is 3.48. The van der Waals surface area contributed by atoms with Crippen LogP contribution in [0.5, 0.6) is 0 Å². The third-order valence-corrected chi connectivity index (χ3v) is 3.52. The fourth-order valence-electron chi connectivity index (χ4n) is 1.34. The standard InChI is InChI=1S/C12H13BrN2OS/c1-8(5-6-14)15(2)12(16)10-7-9(17)3-4-11(10)13/h3-4,7-8,17H,5H2,1-2H3. The normalized spacial score (nSPS) is 11.7. The lowest BCUT2D eigenvalue weighted by Crippen LogP contribution is -2.35. The summed E-state index contributed by atoms with van der Waals surface area (Å²) in [7, 11) is 1.70. The fraction of sp³-hybridized carbons (Fsp3) is 0.333. The molecule has 0 heterocycles. The number of rotatable bonds is 3. The number of carbonyl (C=O) groups excluding carboxylic acids is 1. The summed E-state index contributed by atoms with van der Waals surface area (Å²) in [6, 6.07) is 7.26. The van der Waals surface area contributed by atoms with Gasteiger partial charge in [-0.15, -0.1) is 12.6 Å². The zero-order valence-corrected chi connectivity index (χ0v) is 12.1. The number of carbonyl (C=O) groups is 1. The summed E-state index contributed by atoms with van der Waals surface area (Å²) in [4.78, 5) is 14.5. The number of benzene rings is 1. The van der Waals surface area contributed by atoms with Gasteiger partial charge in [0.05, 0.1) is 18.1 Å². The van der Waals surface area contributed by atoms with Crippen molar-refractivity contribution in [3.05, 3.63) is 28.2 Å². The third-order valence-electron chi connectivity index (χ3n) is 2.55. The Morgan fingerprint density at radius 2 is 2.29 bits per heavy atom. The maximum atomic E-state index is 12.2. The Morgan fingerprint density at radius 3 is 2.88 bits per heavy atom. The van der Waals surface area contributed by atoms with Crippen LogP contribution in [0.3, 0.4) is 0 Å². The molecule has 0 N–H and O–H groups in total. The molecule has 17 heavy (non-hydrogen) atoms. The van der Waals surface area contributed by atoms with Crippen LogP contribution < -0.4 is 0 Å². The molecular formula is C12H13BrN2OS. The van der Waals surface area contributed by atoms with Crippen LogP contribution in [0.4, 0.5) is 0 Å². The highest BCUT2D eigenvalue weighted by Gasteiger charge is 2.19. The van der Waals surface area contributed by atoms with E-state index in [-0.39, 0.29) is 11.9 Å². The molecule has 1 aromatic carbocycles. The van der Waals surface area contributed by atoms with E-state index in [0.717, 1.165) is 9.37 Å². The maximum absolute atomic E-state index is 12.2. The van der Waals surface area contributed by atoms with Crippen molar-refractivity contribution >= 4 is 34.5 Å². The summed E-state index contributed by atoms with van der Waals surface area (Å²) in [5.41, 5.74) is 0.560. The van der Waals surface area contributed by atoms with Crippen molar-refractivity contribution in [3.8, 4) is 6.07 Å². The molecule has 1 aromatic rings. The average Bonchev–Trinajstić information content (AvgIpc) is 2.30. The van der Waals surface area contributed by atoms with Crippen molar-refractivity contribution in [2.45, 2.75) is 24.3 Å². The van der Waals surface area contributed by atoms with Gasteiger partial charge < -0.3 is 4.90 Å². The summed E-state index contributed by atoms with van der Waals surface area (Å²) in [5.74, 6) is -0.115. The molecule has 0 bridgehead atoms. The van der Waals surface area contributed by atoms with E-state index in [1.54, 1.807) is 24.1 Å². The van der Waals surface area contributed by atoms with E-state index in [2.05, 4.69) is 34.6 Å². The first-order valence-corrected chi connectivity index (χ1v) is 6.34. The molecule has 0 aliphatic carbocycles. The molecule has 0 saturated heterocycles. The van der Waals surface area contributed by atoms with Crippen LogP contribution in [0, 0.1) is 11.3 Å². The number of thiol groups is 1. The van der Waals surface area contributed by atoms with Crippen molar-refractivity contribution < 1.29 is 4.79 Å². The fourth-order valence-corrected chi connectivity index (χ4v) is 1.96. The van der Waals surface area contributed by atoms with Gasteiger partial charge in [-0.1, -0.05) is 0 Å². The topological polar surface area (TPSA) is 44.1 Å². The van der Waals surface area contributed by atoms with Gasteiger partial charge in [0.25, 0.3) is 5.91 Å². The lowest BCUT2D eigenvalue weighted by Gasteiger charge is -2.23. The van der Waals surface area contributed by atoms with Crippen LogP contribution >= 0.6 is 28.6 Å². The van der Waals surface area contributed by atoms with Crippen LogP contribution in [0.15, 0.2) is 27.6 Å². The minimum atomic E-state index is -0.115. The highest BCUT2D eigenvalue weighted by atomic mass is 79.9. The van der Waals surface area contributed by atoms with E-state index >= 15 is 0 Å².